The third-order valence-electron chi connectivity index (χ3n) is 2.83. The minimum Gasteiger partial charge on any atom is -0.384 e. The van der Waals surface area contributed by atoms with Crippen molar-refractivity contribution in [3.8, 4) is 11.3 Å². The molecular formula is C13H16ClN3. The number of hydrogen-bond donors (Lipinski definition) is 1. The fourth-order valence-electron chi connectivity index (χ4n) is 1.78. The summed E-state index contributed by atoms with van der Waals surface area (Å²) < 4.78 is 1.65. The third kappa shape index (κ3) is 2.29. The highest BCUT2D eigenvalue weighted by Crippen LogP contribution is 2.29. The van der Waals surface area contributed by atoms with Crippen LogP contribution in [0, 0.1) is 0 Å². The summed E-state index contributed by atoms with van der Waals surface area (Å²) >= 11 is 6.26. The molecule has 0 unspecified atom stereocenters. The number of benzene rings is 1. The lowest BCUT2D eigenvalue weighted by Gasteiger charge is -2.08. The molecule has 0 amide bonds. The molecule has 1 aromatic heterocycles. The number of rotatable bonds is 2. The first-order chi connectivity index (χ1) is 7.99. The zero-order chi connectivity index (χ0) is 12.6. The van der Waals surface area contributed by atoms with E-state index in [-0.39, 0.29) is 0 Å². The molecule has 4 heteroatoms. The number of hydrogen-bond acceptors (Lipinski definition) is 2. The molecule has 0 saturated heterocycles. The minimum atomic E-state index is 0.422. The number of anilines is 1. The molecule has 2 aromatic rings. The van der Waals surface area contributed by atoms with Gasteiger partial charge in [-0.15, -0.1) is 0 Å². The summed E-state index contributed by atoms with van der Waals surface area (Å²) in [7, 11) is 1.82. The SMILES string of the molecule is CC(C)c1ccc(-c2cc(N)n(C)n2)cc1Cl. The zero-order valence-electron chi connectivity index (χ0n) is 10.2. The van der Waals surface area contributed by atoms with E-state index in [4.69, 9.17) is 17.3 Å². The van der Waals surface area contributed by atoms with Crippen molar-refractivity contribution in [1.82, 2.24) is 9.78 Å². The molecule has 0 atom stereocenters. The molecule has 0 radical (unpaired) electrons. The number of nitrogens with zero attached hydrogens (tertiary/aromatic N) is 2. The fourth-order valence-corrected chi connectivity index (χ4v) is 2.18. The summed E-state index contributed by atoms with van der Waals surface area (Å²) in [5, 5.41) is 5.11. The average Bonchev–Trinajstić information content (AvgIpc) is 2.58. The molecule has 1 aromatic carbocycles. The smallest absolute Gasteiger partial charge is 0.121 e. The molecule has 0 fully saturated rings. The van der Waals surface area contributed by atoms with Gasteiger partial charge in [0.1, 0.15) is 5.82 Å². The highest BCUT2D eigenvalue weighted by atomic mass is 35.5. The maximum atomic E-state index is 6.26. The van der Waals surface area contributed by atoms with Crippen LogP contribution in [0.3, 0.4) is 0 Å². The quantitative estimate of drug-likeness (QED) is 0.886. The Balaban J connectivity index is 2.44. The predicted octanol–water partition coefficient (Wildman–Crippen LogP) is 3.45. The van der Waals surface area contributed by atoms with E-state index >= 15 is 0 Å². The van der Waals surface area contributed by atoms with Gasteiger partial charge < -0.3 is 5.73 Å². The Labute approximate surface area is 106 Å². The topological polar surface area (TPSA) is 43.8 Å². The second-order valence-corrected chi connectivity index (χ2v) is 4.88. The number of nitrogen functional groups attached to an aromatic ring is 1. The Bertz CT molecular complexity index is 524. The molecule has 3 nitrogen and oxygen atoms in total. The van der Waals surface area contributed by atoms with E-state index < -0.39 is 0 Å². The van der Waals surface area contributed by atoms with Gasteiger partial charge in [0.15, 0.2) is 0 Å². The van der Waals surface area contributed by atoms with Crippen molar-refractivity contribution in [3.63, 3.8) is 0 Å². The molecule has 0 spiro atoms. The largest absolute Gasteiger partial charge is 0.384 e. The van der Waals surface area contributed by atoms with E-state index in [9.17, 15) is 0 Å². The molecule has 1 heterocycles. The van der Waals surface area contributed by atoms with Crippen molar-refractivity contribution in [2.45, 2.75) is 19.8 Å². The van der Waals surface area contributed by atoms with Gasteiger partial charge in [-0.2, -0.15) is 5.10 Å². The lowest BCUT2D eigenvalue weighted by atomic mass is 10.0. The molecular weight excluding hydrogens is 234 g/mol. The molecule has 0 aliphatic heterocycles. The van der Waals surface area contributed by atoms with E-state index in [1.165, 1.54) is 0 Å². The molecule has 17 heavy (non-hydrogen) atoms. The van der Waals surface area contributed by atoms with E-state index in [0.717, 1.165) is 21.8 Å². The van der Waals surface area contributed by atoms with Gasteiger partial charge in [-0.25, -0.2) is 0 Å². The Morgan fingerprint density at radius 1 is 1.29 bits per heavy atom. The van der Waals surface area contributed by atoms with Crippen LogP contribution in [0.15, 0.2) is 24.3 Å². The predicted molar refractivity (Wildman–Crippen MR) is 72.2 cm³/mol. The summed E-state index contributed by atoms with van der Waals surface area (Å²) in [4.78, 5) is 0. The third-order valence-corrected chi connectivity index (χ3v) is 3.16. The van der Waals surface area contributed by atoms with Crippen LogP contribution in [0.25, 0.3) is 11.3 Å². The highest BCUT2D eigenvalue weighted by molar-refractivity contribution is 6.31. The Morgan fingerprint density at radius 2 is 2.00 bits per heavy atom. The van der Waals surface area contributed by atoms with Gasteiger partial charge in [0.25, 0.3) is 0 Å². The first kappa shape index (κ1) is 12.0. The average molecular weight is 250 g/mol. The highest BCUT2D eigenvalue weighted by Gasteiger charge is 2.09. The van der Waals surface area contributed by atoms with E-state index in [1.54, 1.807) is 4.68 Å². The summed E-state index contributed by atoms with van der Waals surface area (Å²) in [6.45, 7) is 4.25. The van der Waals surface area contributed by atoms with Crippen molar-refractivity contribution in [2.24, 2.45) is 7.05 Å². The van der Waals surface area contributed by atoms with Crippen molar-refractivity contribution < 1.29 is 0 Å². The van der Waals surface area contributed by atoms with Crippen LogP contribution in [-0.4, -0.2) is 9.78 Å². The molecule has 90 valence electrons. The molecule has 0 aliphatic carbocycles. The van der Waals surface area contributed by atoms with Crippen LogP contribution in [0.4, 0.5) is 5.82 Å². The van der Waals surface area contributed by atoms with Gasteiger partial charge >= 0.3 is 0 Å². The lowest BCUT2D eigenvalue weighted by Crippen LogP contribution is -1.96. The summed E-state index contributed by atoms with van der Waals surface area (Å²) in [6.07, 6.45) is 0. The normalized spacial score (nSPS) is 11.1. The van der Waals surface area contributed by atoms with Crippen LogP contribution in [0.1, 0.15) is 25.3 Å². The summed E-state index contributed by atoms with van der Waals surface area (Å²) in [6, 6.07) is 7.87. The minimum absolute atomic E-state index is 0.422. The summed E-state index contributed by atoms with van der Waals surface area (Å²) in [5.41, 5.74) is 8.76. The first-order valence-electron chi connectivity index (χ1n) is 5.58. The second-order valence-electron chi connectivity index (χ2n) is 4.47. The lowest BCUT2D eigenvalue weighted by molar-refractivity contribution is 0.782. The molecule has 0 saturated carbocycles. The second kappa shape index (κ2) is 4.41. The van der Waals surface area contributed by atoms with E-state index in [0.29, 0.717) is 11.7 Å². The number of aryl methyl sites for hydroxylation is 1. The Kier molecular flexibility index (Phi) is 3.11. The number of nitrogens with two attached hydrogens (primary N) is 1. The van der Waals surface area contributed by atoms with Crippen molar-refractivity contribution >= 4 is 17.4 Å². The van der Waals surface area contributed by atoms with Crippen LogP contribution in [-0.2, 0) is 7.05 Å². The van der Waals surface area contributed by atoms with Gasteiger partial charge in [-0.1, -0.05) is 37.6 Å². The van der Waals surface area contributed by atoms with E-state index in [2.05, 4.69) is 18.9 Å². The van der Waals surface area contributed by atoms with Crippen molar-refractivity contribution in [3.05, 3.63) is 34.9 Å². The van der Waals surface area contributed by atoms with Crippen LogP contribution in [0.2, 0.25) is 5.02 Å². The standard InChI is InChI=1S/C13H16ClN3/c1-8(2)10-5-4-9(6-11(10)14)12-7-13(15)17(3)16-12/h4-8H,15H2,1-3H3. The van der Waals surface area contributed by atoms with Gasteiger partial charge in [-0.3, -0.25) is 4.68 Å². The molecule has 0 bridgehead atoms. The molecule has 2 N–H and O–H groups in total. The van der Waals surface area contributed by atoms with Crippen LogP contribution < -0.4 is 5.73 Å². The fraction of sp³-hybridized carbons (Fsp3) is 0.308. The zero-order valence-corrected chi connectivity index (χ0v) is 11.0. The van der Waals surface area contributed by atoms with Gasteiger partial charge in [0, 0.05) is 23.7 Å². The maximum absolute atomic E-state index is 6.26. The van der Waals surface area contributed by atoms with E-state index in [1.807, 2.05) is 31.3 Å². The Hall–Kier alpha value is -1.48. The monoisotopic (exact) mass is 249 g/mol. The van der Waals surface area contributed by atoms with Gasteiger partial charge in [0.05, 0.1) is 5.69 Å². The maximum Gasteiger partial charge on any atom is 0.121 e. The summed E-state index contributed by atoms with van der Waals surface area (Å²) in [5.74, 6) is 1.06. The van der Waals surface area contributed by atoms with Crippen molar-refractivity contribution in [1.29, 1.82) is 0 Å². The van der Waals surface area contributed by atoms with Crippen molar-refractivity contribution in [2.75, 3.05) is 5.73 Å². The van der Waals surface area contributed by atoms with Crippen LogP contribution in [0.5, 0.6) is 0 Å². The number of halogens is 1. The molecule has 2 rings (SSSR count). The molecule has 0 aliphatic rings. The first-order valence-corrected chi connectivity index (χ1v) is 5.96. The van der Waals surface area contributed by atoms with Gasteiger partial charge in [0.2, 0.25) is 0 Å². The number of aromatic nitrogens is 2. The van der Waals surface area contributed by atoms with Gasteiger partial charge in [-0.05, 0) is 17.5 Å². The van der Waals surface area contributed by atoms with Crippen LogP contribution >= 0.6 is 11.6 Å². The Morgan fingerprint density at radius 3 is 2.47 bits per heavy atom.